The average Bonchev–Trinajstić information content (AvgIpc) is 4.18. The van der Waals surface area contributed by atoms with Gasteiger partial charge in [0.1, 0.15) is 29.3 Å². The summed E-state index contributed by atoms with van der Waals surface area (Å²) in [6, 6.07) is 14.1. The highest BCUT2D eigenvalue weighted by atomic mass is 32.1. The van der Waals surface area contributed by atoms with Crippen molar-refractivity contribution in [3.05, 3.63) is 88.1 Å². The SMILES string of the molecule is COC(=O)NC(C(=O)N1CCC[C@H]1c1ncc(-c2cc(F)c3c(c2)OC(c2ccc(C4CCC4)s2)n2c-3cc3cc(-c4cnc([C@@H]5CCCC5C(=O)[C@@H](NC(=O)OC)C(C)C)[nH]4)ccc32)[nH]1)C(C)C.S.S.S. The van der Waals surface area contributed by atoms with Crippen LogP contribution in [0.15, 0.2) is 60.9 Å². The number of likely N-dealkylation sites (tertiary alicyclic amines) is 1. The molecular weight excluding hydrogens is 996 g/mol. The van der Waals surface area contributed by atoms with Gasteiger partial charge in [0, 0.05) is 39.8 Å². The zero-order valence-electron chi connectivity index (χ0n) is 41.3. The fourth-order valence-corrected chi connectivity index (χ4v) is 12.0. The topological polar surface area (TPSA) is 186 Å². The van der Waals surface area contributed by atoms with E-state index in [4.69, 9.17) is 24.2 Å². The first kappa shape index (κ1) is 54.3. The van der Waals surface area contributed by atoms with Crippen LogP contribution in [0.3, 0.4) is 0 Å². The molecule has 0 spiro atoms. The number of aromatic nitrogens is 5. The minimum absolute atomic E-state index is 0. The highest BCUT2D eigenvalue weighted by Crippen LogP contribution is 2.50. The fraction of sp³-hybridized carbons (Fsp3) is 0.462. The number of nitrogens with one attached hydrogen (secondary N) is 4. The summed E-state index contributed by atoms with van der Waals surface area (Å²) in [6.45, 7) is 8.10. The predicted molar refractivity (Wildman–Crippen MR) is 290 cm³/mol. The third-order valence-electron chi connectivity index (χ3n) is 14.7. The molecule has 3 amide bonds. The van der Waals surface area contributed by atoms with Gasteiger partial charge in [-0.1, -0.05) is 46.6 Å². The van der Waals surface area contributed by atoms with Gasteiger partial charge >= 0.3 is 12.2 Å². The molecule has 4 aromatic heterocycles. The second kappa shape index (κ2) is 22.4. The van der Waals surface area contributed by atoms with Crippen molar-refractivity contribution in [2.45, 2.75) is 115 Å². The molecule has 15 nitrogen and oxygen atoms in total. The van der Waals surface area contributed by atoms with Crippen LogP contribution in [0.5, 0.6) is 5.75 Å². The van der Waals surface area contributed by atoms with E-state index in [2.05, 4.69) is 49.4 Å². The van der Waals surface area contributed by atoms with E-state index >= 15 is 4.39 Å². The third-order valence-corrected chi connectivity index (χ3v) is 16.0. The highest BCUT2D eigenvalue weighted by molar-refractivity contribution is 7.59. The van der Waals surface area contributed by atoms with Crippen LogP contribution in [0.2, 0.25) is 0 Å². The Morgan fingerprint density at radius 3 is 2.10 bits per heavy atom. The number of carbonyl (C=O) groups is 4. The number of imidazole rings is 2. The summed E-state index contributed by atoms with van der Waals surface area (Å²) in [4.78, 5) is 72.6. The molecule has 10 rings (SSSR count). The smallest absolute Gasteiger partial charge is 0.407 e. The predicted octanol–water partition coefficient (Wildman–Crippen LogP) is 10.7. The Bertz CT molecular complexity index is 2950. The van der Waals surface area contributed by atoms with Gasteiger partial charge in [0.15, 0.2) is 5.78 Å². The number of alkyl carbamates (subject to hydrolysis) is 2. The Labute approximate surface area is 443 Å². The average molecular weight is 1060 g/mol. The lowest BCUT2D eigenvalue weighted by Crippen LogP contribution is -2.51. The number of ether oxygens (including phenoxy) is 3. The fourth-order valence-electron chi connectivity index (χ4n) is 10.8. The second-order valence-electron chi connectivity index (χ2n) is 19.7. The van der Waals surface area contributed by atoms with Crippen LogP contribution in [0.25, 0.3) is 44.7 Å². The lowest BCUT2D eigenvalue weighted by atomic mass is 9.84. The third kappa shape index (κ3) is 10.1. The van der Waals surface area contributed by atoms with Crippen molar-refractivity contribution in [2.24, 2.45) is 17.8 Å². The Hall–Kier alpha value is -5.44. The maximum Gasteiger partial charge on any atom is 0.407 e. The number of Topliss-reactive ketones (excluding diaryl/α,β-unsaturated/α-hetero) is 1. The zero-order chi connectivity index (χ0) is 48.2. The van der Waals surface area contributed by atoms with Crippen LogP contribution < -0.4 is 15.4 Å². The number of aromatic amines is 2. The number of hydrogen-bond donors (Lipinski definition) is 4. The van der Waals surface area contributed by atoms with E-state index in [0.717, 1.165) is 52.1 Å². The molecule has 0 radical (unpaired) electrons. The maximum atomic E-state index is 17.0. The van der Waals surface area contributed by atoms with Crippen molar-refractivity contribution < 1.29 is 37.8 Å². The minimum Gasteiger partial charge on any atom is -0.464 e. The molecule has 3 fully saturated rings. The first-order chi connectivity index (χ1) is 33.3. The van der Waals surface area contributed by atoms with Crippen molar-refractivity contribution >= 4 is 86.6 Å². The van der Waals surface area contributed by atoms with Crippen LogP contribution in [0.4, 0.5) is 14.0 Å². The molecule has 3 unspecified atom stereocenters. The van der Waals surface area contributed by atoms with Crippen LogP contribution in [0.1, 0.15) is 125 Å². The van der Waals surface area contributed by atoms with E-state index in [9.17, 15) is 19.2 Å². The summed E-state index contributed by atoms with van der Waals surface area (Å²) in [7, 11) is 2.57. The summed E-state index contributed by atoms with van der Waals surface area (Å²) in [5, 5.41) is 6.35. The number of rotatable bonds is 13. The van der Waals surface area contributed by atoms with Gasteiger partial charge in [-0.2, -0.15) is 40.5 Å². The van der Waals surface area contributed by atoms with Crippen molar-refractivity contribution in [2.75, 3.05) is 20.8 Å². The minimum atomic E-state index is -0.767. The number of benzene rings is 2. The van der Waals surface area contributed by atoms with Gasteiger partial charge in [0.2, 0.25) is 12.1 Å². The number of carbonyl (C=O) groups excluding carboxylic acids is 4. The van der Waals surface area contributed by atoms with Gasteiger partial charge in [-0.25, -0.2) is 23.9 Å². The molecule has 2 aromatic carbocycles. The van der Waals surface area contributed by atoms with Gasteiger partial charge in [-0.15, -0.1) is 11.3 Å². The lowest BCUT2D eigenvalue weighted by Gasteiger charge is -2.30. The molecule has 6 atom stereocenters. The summed E-state index contributed by atoms with van der Waals surface area (Å²) in [6.07, 6.45) is 9.03. The summed E-state index contributed by atoms with van der Waals surface area (Å²) in [5.74, 6) is 0.906. The van der Waals surface area contributed by atoms with E-state index in [1.807, 2.05) is 52.1 Å². The van der Waals surface area contributed by atoms with Crippen molar-refractivity contribution in [1.82, 2.24) is 40.0 Å². The largest absolute Gasteiger partial charge is 0.464 e. The standard InChI is InChI=1S/C52H59FN8O7S.3H2S/c1-26(2)44(58-51(64)66-5)46(62)32-12-8-13-33(32)47-54-24-35(56-47)29-15-16-37-31(20-29)22-39-43-34(53)21-30(23-40(43)68-50(61(37)39)42-18-17-41(69-42)28-10-7-11-28)36-25-55-48(57-36)38-14-9-19-60(38)49(63)45(27(3)4)59-52(65)67-6;;;/h15-18,20-28,32-33,38,44-45,50H,7-14,19H2,1-6H3,(H,54,56)(H,55,57)(H,58,64)(H,59,65);3*1H2/t32?,33-,38+,44+,45?,50?;;;/m1.../s1. The molecule has 2 aliphatic heterocycles. The Kier molecular flexibility index (Phi) is 16.9. The second-order valence-corrected chi connectivity index (χ2v) is 20.8. The normalized spacial score (nSPS) is 20.0. The van der Waals surface area contributed by atoms with Crippen molar-refractivity contribution in [1.29, 1.82) is 0 Å². The number of fused-ring (bicyclic) bond motifs is 5. The van der Waals surface area contributed by atoms with Gasteiger partial charge in [-0.3, -0.25) is 14.2 Å². The molecular formula is C52H65FN8O7S4. The van der Waals surface area contributed by atoms with E-state index in [1.165, 1.54) is 44.4 Å². The van der Waals surface area contributed by atoms with E-state index < -0.39 is 36.3 Å². The Morgan fingerprint density at radius 2 is 1.42 bits per heavy atom. The molecule has 4 aliphatic rings. The highest BCUT2D eigenvalue weighted by Gasteiger charge is 2.41. The van der Waals surface area contributed by atoms with Crippen LogP contribution in [-0.2, 0) is 19.1 Å². The molecule has 20 heteroatoms. The lowest BCUT2D eigenvalue weighted by molar-refractivity contribution is -0.135. The number of methoxy groups -OCH3 is 2. The molecule has 1 saturated heterocycles. The van der Waals surface area contributed by atoms with Crippen molar-refractivity contribution in [3.63, 3.8) is 0 Å². The van der Waals surface area contributed by atoms with Crippen LogP contribution >= 0.6 is 51.8 Å². The molecule has 386 valence electrons. The number of H-pyrrole nitrogens is 2. The van der Waals surface area contributed by atoms with Crippen molar-refractivity contribution in [3.8, 4) is 39.5 Å². The first-order valence-corrected chi connectivity index (χ1v) is 25.0. The molecule has 6 heterocycles. The van der Waals surface area contributed by atoms with Gasteiger partial charge in [0.25, 0.3) is 0 Å². The number of hydrogen-bond acceptors (Lipinski definition) is 10. The summed E-state index contributed by atoms with van der Waals surface area (Å²) < 4.78 is 35.6. The van der Waals surface area contributed by atoms with E-state index in [-0.39, 0.29) is 81.9 Å². The number of halogens is 1. The van der Waals surface area contributed by atoms with Crippen LogP contribution in [-0.4, -0.2) is 86.1 Å². The first-order valence-electron chi connectivity index (χ1n) is 24.2. The van der Waals surface area contributed by atoms with Crippen LogP contribution in [0, 0.1) is 23.6 Å². The molecule has 72 heavy (non-hydrogen) atoms. The number of nitrogens with zero attached hydrogens (tertiary/aromatic N) is 4. The monoisotopic (exact) mass is 1060 g/mol. The number of amides is 3. The quantitative estimate of drug-likeness (QED) is 0.0874. The number of ketones is 1. The van der Waals surface area contributed by atoms with E-state index in [1.54, 1.807) is 22.4 Å². The summed E-state index contributed by atoms with van der Waals surface area (Å²) in [5.41, 5.74) is 4.78. The molecule has 2 saturated carbocycles. The molecule has 6 aromatic rings. The van der Waals surface area contributed by atoms with Gasteiger partial charge < -0.3 is 39.7 Å². The van der Waals surface area contributed by atoms with Gasteiger partial charge in [-0.05, 0) is 98.7 Å². The molecule has 4 N–H and O–H groups in total. The Morgan fingerprint density at radius 1 is 0.764 bits per heavy atom. The Balaban J connectivity index is 0.00000253. The zero-order valence-corrected chi connectivity index (χ0v) is 45.1. The molecule has 2 aliphatic carbocycles. The van der Waals surface area contributed by atoms with Gasteiger partial charge in [0.05, 0.1) is 71.7 Å². The number of thiophene rings is 1. The van der Waals surface area contributed by atoms with E-state index in [0.29, 0.717) is 59.4 Å². The molecule has 0 bridgehead atoms. The maximum absolute atomic E-state index is 17.0. The summed E-state index contributed by atoms with van der Waals surface area (Å²) >= 11 is 1.75.